The third-order valence-corrected chi connectivity index (χ3v) is 5.52. The first kappa shape index (κ1) is 20.6. The number of benzene rings is 2. The summed E-state index contributed by atoms with van der Waals surface area (Å²) in [6, 6.07) is 16.4. The lowest BCUT2D eigenvalue weighted by Gasteiger charge is -2.07. The van der Waals surface area contributed by atoms with Gasteiger partial charge in [0.25, 0.3) is 0 Å². The summed E-state index contributed by atoms with van der Waals surface area (Å²) in [4.78, 5) is 4.69. The molecule has 0 radical (unpaired) electrons. The quantitative estimate of drug-likeness (QED) is 0.417. The van der Waals surface area contributed by atoms with Gasteiger partial charge in [-0.3, -0.25) is 0 Å². The van der Waals surface area contributed by atoms with Crippen LogP contribution in [-0.4, -0.2) is 19.2 Å². The maximum absolute atomic E-state index is 9.66. The predicted molar refractivity (Wildman–Crippen MR) is 119 cm³/mol. The molecule has 1 aromatic heterocycles. The molecule has 0 aliphatic carbocycles. The average Bonchev–Trinajstić information content (AvgIpc) is 3.26. The summed E-state index contributed by atoms with van der Waals surface area (Å²) in [5.41, 5.74) is 4.68. The zero-order valence-corrected chi connectivity index (χ0v) is 17.8. The Balaban J connectivity index is 1.84. The number of ether oxygens (including phenoxy) is 2. The van der Waals surface area contributed by atoms with Crippen molar-refractivity contribution >= 4 is 23.0 Å². The topological polar surface area (TPSA) is 55.1 Å². The Morgan fingerprint density at radius 2 is 1.86 bits per heavy atom. The molecule has 148 valence electrons. The van der Waals surface area contributed by atoms with Gasteiger partial charge in [-0.1, -0.05) is 43.7 Å². The maximum atomic E-state index is 9.66. The Kier molecular flexibility index (Phi) is 7.04. The third-order valence-electron chi connectivity index (χ3n) is 4.64. The van der Waals surface area contributed by atoms with E-state index in [-0.39, 0.29) is 0 Å². The maximum Gasteiger partial charge on any atom is 0.161 e. The molecule has 0 saturated heterocycles. The molecule has 0 atom stereocenters. The second kappa shape index (κ2) is 9.90. The molecule has 0 amide bonds. The Morgan fingerprint density at radius 3 is 2.52 bits per heavy atom. The van der Waals surface area contributed by atoms with Crippen LogP contribution in [0, 0.1) is 11.3 Å². The number of thiazole rings is 1. The number of allylic oxidation sites excluding steroid dienone is 1. The van der Waals surface area contributed by atoms with Gasteiger partial charge < -0.3 is 9.47 Å². The summed E-state index contributed by atoms with van der Waals surface area (Å²) in [5, 5.41) is 12.4. The molecule has 0 fully saturated rings. The van der Waals surface area contributed by atoms with Gasteiger partial charge in [0, 0.05) is 10.9 Å². The first-order chi connectivity index (χ1) is 14.2. The molecular formula is C24H24N2O2S. The van der Waals surface area contributed by atoms with Gasteiger partial charge in [0.15, 0.2) is 11.5 Å². The molecule has 0 spiro atoms. The van der Waals surface area contributed by atoms with E-state index in [0.717, 1.165) is 23.2 Å². The molecule has 3 rings (SSSR count). The summed E-state index contributed by atoms with van der Waals surface area (Å²) in [7, 11) is 3.19. The van der Waals surface area contributed by atoms with Crippen LogP contribution < -0.4 is 9.47 Å². The Morgan fingerprint density at radius 1 is 1.10 bits per heavy atom. The fourth-order valence-corrected chi connectivity index (χ4v) is 3.80. The summed E-state index contributed by atoms with van der Waals surface area (Å²) in [6.45, 7) is 2.20. The van der Waals surface area contributed by atoms with Crippen molar-refractivity contribution in [3.63, 3.8) is 0 Å². The molecule has 0 saturated carbocycles. The van der Waals surface area contributed by atoms with E-state index in [1.165, 1.54) is 29.7 Å². The zero-order chi connectivity index (χ0) is 20.6. The number of methoxy groups -OCH3 is 2. The number of nitriles is 1. The summed E-state index contributed by atoms with van der Waals surface area (Å²) < 4.78 is 10.6. The van der Waals surface area contributed by atoms with E-state index in [1.807, 2.05) is 29.7 Å². The van der Waals surface area contributed by atoms with E-state index in [0.29, 0.717) is 22.1 Å². The van der Waals surface area contributed by atoms with Crippen LogP contribution in [0.5, 0.6) is 11.5 Å². The molecule has 0 unspecified atom stereocenters. The van der Waals surface area contributed by atoms with Crippen LogP contribution in [0.15, 0.2) is 47.8 Å². The van der Waals surface area contributed by atoms with Gasteiger partial charge in [0.1, 0.15) is 11.1 Å². The van der Waals surface area contributed by atoms with E-state index >= 15 is 0 Å². The molecule has 1 heterocycles. The van der Waals surface area contributed by atoms with Crippen LogP contribution in [-0.2, 0) is 6.42 Å². The highest BCUT2D eigenvalue weighted by molar-refractivity contribution is 7.11. The van der Waals surface area contributed by atoms with Crippen LogP contribution in [0.25, 0.3) is 22.9 Å². The van der Waals surface area contributed by atoms with E-state index in [1.54, 1.807) is 14.2 Å². The lowest BCUT2D eigenvalue weighted by Crippen LogP contribution is -1.91. The molecule has 0 aliphatic rings. The standard InChI is InChI=1S/C24H24N2O2S/c1-4-5-6-17-7-10-19(11-8-17)21-16-29-24(26-21)20(15-25)13-18-9-12-22(27-2)23(14-18)28-3/h7-14,16H,4-6H2,1-3H3. The molecule has 3 aromatic rings. The van der Waals surface area contributed by atoms with Gasteiger partial charge in [0.2, 0.25) is 0 Å². The van der Waals surface area contributed by atoms with Crippen molar-refractivity contribution in [2.75, 3.05) is 14.2 Å². The normalized spacial score (nSPS) is 11.2. The van der Waals surface area contributed by atoms with Crippen molar-refractivity contribution in [3.05, 3.63) is 64.0 Å². The number of aromatic nitrogens is 1. The summed E-state index contributed by atoms with van der Waals surface area (Å²) >= 11 is 1.47. The van der Waals surface area contributed by atoms with E-state index in [2.05, 4.69) is 42.2 Å². The van der Waals surface area contributed by atoms with Crippen molar-refractivity contribution < 1.29 is 9.47 Å². The average molecular weight is 405 g/mol. The second-order valence-electron chi connectivity index (χ2n) is 6.62. The second-order valence-corrected chi connectivity index (χ2v) is 7.48. The van der Waals surface area contributed by atoms with Crippen LogP contribution in [0.1, 0.15) is 35.9 Å². The smallest absolute Gasteiger partial charge is 0.161 e. The van der Waals surface area contributed by atoms with Crippen molar-refractivity contribution in [2.24, 2.45) is 0 Å². The third kappa shape index (κ3) is 5.04. The monoisotopic (exact) mass is 404 g/mol. The van der Waals surface area contributed by atoms with Crippen molar-refractivity contribution in [1.82, 2.24) is 4.98 Å². The largest absolute Gasteiger partial charge is 0.493 e. The number of aryl methyl sites for hydroxylation is 1. The summed E-state index contributed by atoms with van der Waals surface area (Å²) in [6.07, 6.45) is 5.32. The Labute approximate surface area is 176 Å². The molecule has 4 nitrogen and oxygen atoms in total. The number of unbranched alkanes of at least 4 members (excludes halogenated alkanes) is 1. The molecule has 0 N–H and O–H groups in total. The van der Waals surface area contributed by atoms with Gasteiger partial charge in [-0.05, 0) is 42.2 Å². The fourth-order valence-electron chi connectivity index (χ4n) is 3.00. The van der Waals surface area contributed by atoms with Gasteiger partial charge in [-0.25, -0.2) is 4.98 Å². The molecule has 29 heavy (non-hydrogen) atoms. The van der Waals surface area contributed by atoms with Gasteiger partial charge in [-0.15, -0.1) is 11.3 Å². The zero-order valence-electron chi connectivity index (χ0n) is 16.9. The van der Waals surface area contributed by atoms with Crippen LogP contribution in [0.3, 0.4) is 0 Å². The highest BCUT2D eigenvalue weighted by Gasteiger charge is 2.10. The summed E-state index contributed by atoms with van der Waals surface area (Å²) in [5.74, 6) is 1.28. The number of rotatable bonds is 8. The van der Waals surface area contributed by atoms with Gasteiger partial charge >= 0.3 is 0 Å². The first-order valence-corrected chi connectivity index (χ1v) is 10.5. The lowest BCUT2D eigenvalue weighted by atomic mass is 10.1. The minimum absolute atomic E-state index is 0.521. The lowest BCUT2D eigenvalue weighted by molar-refractivity contribution is 0.355. The molecule has 2 aromatic carbocycles. The van der Waals surface area contributed by atoms with Crippen LogP contribution in [0.4, 0.5) is 0 Å². The molecule has 0 bridgehead atoms. The molecular weight excluding hydrogens is 380 g/mol. The van der Waals surface area contributed by atoms with Crippen molar-refractivity contribution in [3.8, 4) is 28.8 Å². The highest BCUT2D eigenvalue weighted by Crippen LogP contribution is 2.31. The van der Waals surface area contributed by atoms with Crippen LogP contribution in [0.2, 0.25) is 0 Å². The van der Waals surface area contributed by atoms with Gasteiger partial charge in [0.05, 0.1) is 25.5 Å². The highest BCUT2D eigenvalue weighted by atomic mass is 32.1. The molecule has 5 heteroatoms. The van der Waals surface area contributed by atoms with Crippen LogP contribution >= 0.6 is 11.3 Å². The Bertz CT molecular complexity index is 1030. The van der Waals surface area contributed by atoms with Gasteiger partial charge in [-0.2, -0.15) is 5.26 Å². The molecule has 0 aliphatic heterocycles. The van der Waals surface area contributed by atoms with E-state index < -0.39 is 0 Å². The minimum atomic E-state index is 0.521. The minimum Gasteiger partial charge on any atom is -0.493 e. The Hall–Kier alpha value is -3.10. The number of hydrogen-bond donors (Lipinski definition) is 0. The first-order valence-electron chi connectivity index (χ1n) is 9.57. The SMILES string of the molecule is CCCCc1ccc(-c2csc(C(C#N)=Cc3ccc(OC)c(OC)c3)n2)cc1. The van der Waals surface area contributed by atoms with E-state index in [4.69, 9.17) is 9.47 Å². The number of nitrogens with zero attached hydrogens (tertiary/aromatic N) is 2. The number of hydrogen-bond acceptors (Lipinski definition) is 5. The van der Waals surface area contributed by atoms with Crippen molar-refractivity contribution in [2.45, 2.75) is 26.2 Å². The fraction of sp³-hybridized carbons (Fsp3) is 0.250. The van der Waals surface area contributed by atoms with Crippen molar-refractivity contribution in [1.29, 1.82) is 5.26 Å². The van der Waals surface area contributed by atoms with E-state index in [9.17, 15) is 5.26 Å². The predicted octanol–water partition coefficient (Wildman–Crippen LogP) is 6.23.